The van der Waals surface area contributed by atoms with Crippen molar-refractivity contribution in [1.29, 1.82) is 0 Å². The standard InChI is InChI=1S/C12H17BrN2/c1-10-9-14-6-4-12(10)15-7-2-3-11(13)5-8-15/h4,6,9,11H,2-3,5,7-8H2,1H3. The third kappa shape index (κ3) is 2.71. The van der Waals surface area contributed by atoms with E-state index < -0.39 is 0 Å². The number of aryl methyl sites for hydroxylation is 1. The van der Waals surface area contributed by atoms with Crippen molar-refractivity contribution < 1.29 is 0 Å². The molecule has 2 rings (SSSR count). The minimum absolute atomic E-state index is 0.699. The largest absolute Gasteiger partial charge is 0.371 e. The number of hydrogen-bond acceptors (Lipinski definition) is 2. The van der Waals surface area contributed by atoms with Gasteiger partial charge in [0.2, 0.25) is 0 Å². The van der Waals surface area contributed by atoms with Crippen LogP contribution in [-0.2, 0) is 0 Å². The number of anilines is 1. The maximum absolute atomic E-state index is 4.14. The summed E-state index contributed by atoms with van der Waals surface area (Å²) in [6.45, 7) is 4.46. The molecule has 0 N–H and O–H groups in total. The van der Waals surface area contributed by atoms with Gasteiger partial charge in [0.05, 0.1) is 0 Å². The highest BCUT2D eigenvalue weighted by Crippen LogP contribution is 2.24. The fourth-order valence-corrected chi connectivity index (χ4v) is 2.65. The molecule has 0 aliphatic carbocycles. The van der Waals surface area contributed by atoms with E-state index in [-0.39, 0.29) is 0 Å². The van der Waals surface area contributed by atoms with E-state index in [2.05, 4.69) is 38.8 Å². The van der Waals surface area contributed by atoms with Crippen LogP contribution in [0.3, 0.4) is 0 Å². The van der Waals surface area contributed by atoms with E-state index in [0.29, 0.717) is 4.83 Å². The average Bonchev–Trinajstić information content (AvgIpc) is 2.44. The first-order chi connectivity index (χ1) is 7.27. The van der Waals surface area contributed by atoms with Crippen LogP contribution < -0.4 is 4.90 Å². The number of nitrogens with zero attached hydrogens (tertiary/aromatic N) is 2. The van der Waals surface area contributed by atoms with Gasteiger partial charge in [-0.05, 0) is 37.8 Å². The molecule has 0 bridgehead atoms. The van der Waals surface area contributed by atoms with Crippen molar-refractivity contribution in [2.24, 2.45) is 0 Å². The van der Waals surface area contributed by atoms with Crippen LogP contribution in [0.15, 0.2) is 18.5 Å². The lowest BCUT2D eigenvalue weighted by Crippen LogP contribution is -2.25. The van der Waals surface area contributed by atoms with Gasteiger partial charge >= 0.3 is 0 Å². The van der Waals surface area contributed by atoms with Crippen molar-refractivity contribution >= 4 is 21.6 Å². The second kappa shape index (κ2) is 4.97. The Kier molecular flexibility index (Phi) is 3.62. The maximum Gasteiger partial charge on any atom is 0.0426 e. The molecule has 0 radical (unpaired) electrons. The number of aromatic nitrogens is 1. The van der Waals surface area contributed by atoms with Crippen LogP contribution >= 0.6 is 15.9 Å². The van der Waals surface area contributed by atoms with Gasteiger partial charge in [-0.1, -0.05) is 15.9 Å². The third-order valence-corrected chi connectivity index (χ3v) is 3.90. The van der Waals surface area contributed by atoms with Gasteiger partial charge in [-0.15, -0.1) is 0 Å². The van der Waals surface area contributed by atoms with E-state index in [9.17, 15) is 0 Å². The van der Waals surface area contributed by atoms with Crippen LogP contribution in [0.4, 0.5) is 5.69 Å². The van der Waals surface area contributed by atoms with Gasteiger partial charge in [-0.3, -0.25) is 4.98 Å². The van der Waals surface area contributed by atoms with Crippen molar-refractivity contribution in [3.05, 3.63) is 24.0 Å². The first kappa shape index (κ1) is 10.9. The van der Waals surface area contributed by atoms with Crippen LogP contribution in [0.1, 0.15) is 24.8 Å². The van der Waals surface area contributed by atoms with Crippen LogP contribution in [0.5, 0.6) is 0 Å². The van der Waals surface area contributed by atoms with E-state index in [4.69, 9.17) is 0 Å². The lowest BCUT2D eigenvalue weighted by atomic mass is 10.2. The van der Waals surface area contributed by atoms with E-state index in [0.717, 1.165) is 6.54 Å². The molecular weight excluding hydrogens is 252 g/mol. The van der Waals surface area contributed by atoms with Crippen molar-refractivity contribution in [2.45, 2.75) is 31.0 Å². The SMILES string of the molecule is Cc1cnccc1N1CCCC(Br)CC1. The molecule has 1 fully saturated rings. The minimum Gasteiger partial charge on any atom is -0.371 e. The highest BCUT2D eigenvalue weighted by Gasteiger charge is 2.15. The predicted molar refractivity (Wildman–Crippen MR) is 67.8 cm³/mol. The molecule has 1 aliphatic rings. The molecule has 2 heterocycles. The molecule has 15 heavy (non-hydrogen) atoms. The van der Waals surface area contributed by atoms with Crippen molar-refractivity contribution in [3.63, 3.8) is 0 Å². The summed E-state index contributed by atoms with van der Waals surface area (Å²) in [5.74, 6) is 0. The van der Waals surface area contributed by atoms with E-state index in [1.54, 1.807) is 0 Å². The quantitative estimate of drug-likeness (QED) is 0.728. The second-order valence-corrected chi connectivity index (χ2v) is 5.47. The monoisotopic (exact) mass is 268 g/mol. The summed E-state index contributed by atoms with van der Waals surface area (Å²) in [6.07, 6.45) is 7.64. The Morgan fingerprint density at radius 3 is 3.07 bits per heavy atom. The molecule has 3 heteroatoms. The highest BCUT2D eigenvalue weighted by molar-refractivity contribution is 9.09. The molecule has 1 aliphatic heterocycles. The van der Waals surface area contributed by atoms with Crippen molar-refractivity contribution in [2.75, 3.05) is 18.0 Å². The van der Waals surface area contributed by atoms with Crippen molar-refractivity contribution in [1.82, 2.24) is 4.98 Å². The van der Waals surface area contributed by atoms with Crippen LogP contribution in [0.25, 0.3) is 0 Å². The molecule has 0 aromatic carbocycles. The van der Waals surface area contributed by atoms with Gasteiger partial charge in [0, 0.05) is 36.0 Å². The first-order valence-corrected chi connectivity index (χ1v) is 6.48. The molecule has 0 saturated carbocycles. The van der Waals surface area contributed by atoms with Crippen LogP contribution in [0.2, 0.25) is 0 Å². The summed E-state index contributed by atoms with van der Waals surface area (Å²) in [5.41, 5.74) is 2.64. The number of rotatable bonds is 1. The van der Waals surface area contributed by atoms with E-state index in [1.807, 2.05) is 12.4 Å². The Morgan fingerprint density at radius 2 is 2.27 bits per heavy atom. The molecular formula is C12H17BrN2. The summed E-state index contributed by atoms with van der Waals surface area (Å²) in [7, 11) is 0. The molecule has 82 valence electrons. The van der Waals surface area contributed by atoms with Crippen molar-refractivity contribution in [3.8, 4) is 0 Å². The lowest BCUT2D eigenvalue weighted by Gasteiger charge is -2.24. The zero-order valence-corrected chi connectivity index (χ0v) is 10.7. The molecule has 1 aromatic rings. The topological polar surface area (TPSA) is 16.1 Å². The summed E-state index contributed by atoms with van der Waals surface area (Å²) in [4.78, 5) is 7.33. The number of pyridine rings is 1. The molecule has 0 spiro atoms. The molecule has 2 nitrogen and oxygen atoms in total. The Labute approximate surface area is 99.8 Å². The summed E-state index contributed by atoms with van der Waals surface area (Å²) >= 11 is 3.72. The third-order valence-electron chi connectivity index (χ3n) is 2.99. The molecule has 1 unspecified atom stereocenters. The van der Waals surface area contributed by atoms with Gasteiger partial charge in [0.15, 0.2) is 0 Å². The zero-order chi connectivity index (χ0) is 10.7. The number of alkyl halides is 1. The molecule has 0 amide bonds. The summed E-state index contributed by atoms with van der Waals surface area (Å²) in [5, 5.41) is 0. The van der Waals surface area contributed by atoms with Gasteiger partial charge in [0.1, 0.15) is 0 Å². The van der Waals surface area contributed by atoms with Gasteiger partial charge in [-0.2, -0.15) is 0 Å². The Balaban J connectivity index is 2.13. The molecule has 1 aromatic heterocycles. The Bertz CT molecular complexity index is 327. The van der Waals surface area contributed by atoms with E-state index >= 15 is 0 Å². The number of halogens is 1. The Hall–Kier alpha value is -0.570. The maximum atomic E-state index is 4.14. The zero-order valence-electron chi connectivity index (χ0n) is 9.12. The lowest BCUT2D eigenvalue weighted by molar-refractivity contribution is 0.754. The summed E-state index contributed by atoms with van der Waals surface area (Å²) in [6, 6.07) is 2.13. The highest BCUT2D eigenvalue weighted by atomic mass is 79.9. The minimum atomic E-state index is 0.699. The van der Waals surface area contributed by atoms with Crippen LogP contribution in [0, 0.1) is 6.92 Å². The van der Waals surface area contributed by atoms with E-state index in [1.165, 1.54) is 37.1 Å². The first-order valence-electron chi connectivity index (χ1n) is 5.57. The fourth-order valence-electron chi connectivity index (χ4n) is 2.12. The smallest absolute Gasteiger partial charge is 0.0426 e. The molecule has 1 saturated heterocycles. The normalized spacial score (nSPS) is 22.5. The van der Waals surface area contributed by atoms with Crippen LogP contribution in [-0.4, -0.2) is 22.9 Å². The predicted octanol–water partition coefficient (Wildman–Crippen LogP) is 3.14. The van der Waals surface area contributed by atoms with Gasteiger partial charge < -0.3 is 4.90 Å². The number of hydrogen-bond donors (Lipinski definition) is 0. The summed E-state index contributed by atoms with van der Waals surface area (Å²) < 4.78 is 0. The average molecular weight is 269 g/mol. The Morgan fingerprint density at radius 1 is 1.40 bits per heavy atom. The van der Waals surface area contributed by atoms with Gasteiger partial charge in [-0.25, -0.2) is 0 Å². The fraction of sp³-hybridized carbons (Fsp3) is 0.583. The molecule has 1 atom stereocenters. The van der Waals surface area contributed by atoms with Gasteiger partial charge in [0.25, 0.3) is 0 Å². The second-order valence-electron chi connectivity index (χ2n) is 4.18.